The Hall–Kier alpha value is -1.61. The Morgan fingerprint density at radius 3 is 2.63 bits per heavy atom. The van der Waals surface area contributed by atoms with Gasteiger partial charge in [-0.2, -0.15) is 0 Å². The smallest absolute Gasteiger partial charge is 0.0759 e. The van der Waals surface area contributed by atoms with Gasteiger partial charge in [-0.25, -0.2) is 0 Å². The number of hydrogen-bond donors (Lipinski definition) is 1. The highest BCUT2D eigenvalue weighted by molar-refractivity contribution is 5.92. The summed E-state index contributed by atoms with van der Waals surface area (Å²) in [6.45, 7) is 7.15. The molecule has 0 fully saturated rings. The van der Waals surface area contributed by atoms with E-state index in [0.29, 0.717) is 6.61 Å². The molecular weight excluding hydrogens is 236 g/mol. The van der Waals surface area contributed by atoms with Crippen LogP contribution in [0.25, 0.3) is 10.9 Å². The maximum atomic E-state index is 6.18. The highest BCUT2D eigenvalue weighted by Crippen LogP contribution is 2.29. The second-order valence-corrected chi connectivity index (χ2v) is 5.90. The molecule has 3 heteroatoms. The molecule has 1 heterocycles. The van der Waals surface area contributed by atoms with Crippen LogP contribution in [-0.2, 0) is 16.6 Å². The highest BCUT2D eigenvalue weighted by atomic mass is 16.5. The Kier molecular flexibility index (Phi) is 3.76. The average molecular weight is 258 g/mol. The second kappa shape index (κ2) is 5.17. The standard InChI is InChI=1S/C16H22N2O/c1-16(2,3)14-10-13(17)12-7-5-6-11(8-9-19-4)15(12)18-14/h5-7,10H,8-9H2,1-4H3,(H2,17,18). The van der Waals surface area contributed by atoms with E-state index in [9.17, 15) is 0 Å². The van der Waals surface area contributed by atoms with Gasteiger partial charge in [-0.3, -0.25) is 4.98 Å². The summed E-state index contributed by atoms with van der Waals surface area (Å²) in [5.74, 6) is 0. The molecule has 0 atom stereocenters. The van der Waals surface area contributed by atoms with E-state index < -0.39 is 0 Å². The number of aromatic nitrogens is 1. The summed E-state index contributed by atoms with van der Waals surface area (Å²) in [5, 5.41) is 1.03. The van der Waals surface area contributed by atoms with Crippen molar-refractivity contribution in [1.82, 2.24) is 4.98 Å². The van der Waals surface area contributed by atoms with Crippen molar-refractivity contribution in [2.45, 2.75) is 32.6 Å². The Labute approximate surface area is 114 Å². The minimum Gasteiger partial charge on any atom is -0.398 e. The number of nitrogen functional groups attached to an aromatic ring is 1. The van der Waals surface area contributed by atoms with Gasteiger partial charge < -0.3 is 10.5 Å². The molecule has 2 N–H and O–H groups in total. The van der Waals surface area contributed by atoms with Gasteiger partial charge in [0, 0.05) is 29.3 Å². The minimum atomic E-state index is -0.00330. The van der Waals surface area contributed by atoms with Crippen molar-refractivity contribution in [3.05, 3.63) is 35.5 Å². The number of para-hydroxylation sites is 1. The number of hydrogen-bond acceptors (Lipinski definition) is 3. The number of benzene rings is 1. The zero-order chi connectivity index (χ0) is 14.0. The van der Waals surface area contributed by atoms with Crippen LogP contribution in [0.5, 0.6) is 0 Å². The summed E-state index contributed by atoms with van der Waals surface area (Å²) in [6, 6.07) is 8.14. The van der Waals surface area contributed by atoms with Crippen molar-refractivity contribution < 1.29 is 4.74 Å². The first kappa shape index (κ1) is 13.8. The first-order chi connectivity index (χ1) is 8.93. The van der Waals surface area contributed by atoms with Gasteiger partial charge in [0.1, 0.15) is 0 Å². The van der Waals surface area contributed by atoms with E-state index in [-0.39, 0.29) is 5.41 Å². The SMILES string of the molecule is COCCc1cccc2c(N)cc(C(C)(C)C)nc12. The number of ether oxygens (including phenoxy) is 1. The Morgan fingerprint density at radius 1 is 1.26 bits per heavy atom. The van der Waals surface area contributed by atoms with Gasteiger partial charge in [-0.1, -0.05) is 39.0 Å². The quantitative estimate of drug-likeness (QED) is 0.919. The van der Waals surface area contributed by atoms with Crippen molar-refractivity contribution in [1.29, 1.82) is 0 Å². The lowest BCUT2D eigenvalue weighted by Gasteiger charge is -2.20. The Balaban J connectivity index is 2.62. The molecule has 2 aromatic rings. The maximum Gasteiger partial charge on any atom is 0.0759 e. The molecule has 0 aliphatic carbocycles. The molecule has 2 rings (SSSR count). The van der Waals surface area contributed by atoms with Crippen LogP contribution in [0.15, 0.2) is 24.3 Å². The first-order valence-corrected chi connectivity index (χ1v) is 6.61. The summed E-state index contributed by atoms with van der Waals surface area (Å²) >= 11 is 0. The Morgan fingerprint density at radius 2 is 2.00 bits per heavy atom. The lowest BCUT2D eigenvalue weighted by atomic mass is 9.90. The maximum absolute atomic E-state index is 6.18. The van der Waals surface area contributed by atoms with E-state index >= 15 is 0 Å². The number of nitrogens with zero attached hydrogens (tertiary/aromatic N) is 1. The lowest BCUT2D eigenvalue weighted by Crippen LogP contribution is -2.14. The van der Waals surface area contributed by atoms with Crippen molar-refractivity contribution >= 4 is 16.6 Å². The minimum absolute atomic E-state index is 0.00330. The van der Waals surface area contributed by atoms with E-state index in [1.54, 1.807) is 7.11 Å². The van der Waals surface area contributed by atoms with Gasteiger partial charge in [0.2, 0.25) is 0 Å². The second-order valence-electron chi connectivity index (χ2n) is 5.90. The van der Waals surface area contributed by atoms with Gasteiger partial charge in [-0.15, -0.1) is 0 Å². The highest BCUT2D eigenvalue weighted by Gasteiger charge is 2.18. The topological polar surface area (TPSA) is 48.1 Å². The normalized spacial score (nSPS) is 12.0. The van der Waals surface area contributed by atoms with Crippen LogP contribution in [0.1, 0.15) is 32.0 Å². The van der Waals surface area contributed by atoms with E-state index in [2.05, 4.69) is 26.8 Å². The predicted molar refractivity (Wildman–Crippen MR) is 80.4 cm³/mol. The van der Waals surface area contributed by atoms with Crippen molar-refractivity contribution in [2.24, 2.45) is 0 Å². The fraction of sp³-hybridized carbons (Fsp3) is 0.438. The Bertz CT molecular complexity index is 585. The summed E-state index contributed by atoms with van der Waals surface area (Å²) in [4.78, 5) is 4.82. The van der Waals surface area contributed by atoms with Gasteiger partial charge in [-0.05, 0) is 18.1 Å². The molecule has 0 aliphatic rings. The lowest BCUT2D eigenvalue weighted by molar-refractivity contribution is 0.202. The number of methoxy groups -OCH3 is 1. The van der Waals surface area contributed by atoms with Crippen LogP contribution >= 0.6 is 0 Å². The summed E-state index contributed by atoms with van der Waals surface area (Å²) in [7, 11) is 1.72. The summed E-state index contributed by atoms with van der Waals surface area (Å²) < 4.78 is 5.16. The third kappa shape index (κ3) is 2.87. The van der Waals surface area contributed by atoms with Crippen LogP contribution in [0, 0.1) is 0 Å². The molecule has 3 nitrogen and oxygen atoms in total. The molecule has 19 heavy (non-hydrogen) atoms. The summed E-state index contributed by atoms with van der Waals surface area (Å²) in [5.41, 5.74) is 10.2. The monoisotopic (exact) mass is 258 g/mol. The molecule has 0 bridgehead atoms. The van der Waals surface area contributed by atoms with E-state index in [4.69, 9.17) is 15.5 Å². The molecule has 0 aliphatic heterocycles. The summed E-state index contributed by atoms with van der Waals surface area (Å²) in [6.07, 6.45) is 0.855. The number of nitrogens with two attached hydrogens (primary N) is 1. The predicted octanol–water partition coefficient (Wildman–Crippen LogP) is 3.30. The number of pyridine rings is 1. The largest absolute Gasteiger partial charge is 0.398 e. The fourth-order valence-electron chi connectivity index (χ4n) is 2.13. The zero-order valence-electron chi connectivity index (χ0n) is 12.2. The third-order valence-electron chi connectivity index (χ3n) is 3.30. The molecule has 0 radical (unpaired) electrons. The third-order valence-corrected chi connectivity index (χ3v) is 3.30. The number of anilines is 1. The van der Waals surface area contributed by atoms with Gasteiger partial charge in [0.15, 0.2) is 0 Å². The molecule has 1 aromatic heterocycles. The van der Waals surface area contributed by atoms with Gasteiger partial charge >= 0.3 is 0 Å². The van der Waals surface area contributed by atoms with Crippen LogP contribution < -0.4 is 5.73 Å². The molecule has 0 spiro atoms. The van der Waals surface area contributed by atoms with Crippen LogP contribution in [0.4, 0.5) is 5.69 Å². The molecule has 0 saturated carbocycles. The number of fused-ring (bicyclic) bond motifs is 1. The van der Waals surface area contributed by atoms with E-state index in [0.717, 1.165) is 28.7 Å². The van der Waals surface area contributed by atoms with Crippen LogP contribution in [0.2, 0.25) is 0 Å². The fourth-order valence-corrected chi connectivity index (χ4v) is 2.13. The van der Waals surface area contributed by atoms with Gasteiger partial charge in [0.05, 0.1) is 12.1 Å². The van der Waals surface area contributed by atoms with E-state index in [1.807, 2.05) is 18.2 Å². The average Bonchev–Trinajstić information content (AvgIpc) is 2.35. The molecule has 0 saturated heterocycles. The molecule has 1 aromatic carbocycles. The molecule has 102 valence electrons. The van der Waals surface area contributed by atoms with Crippen LogP contribution in [0.3, 0.4) is 0 Å². The van der Waals surface area contributed by atoms with E-state index in [1.165, 1.54) is 5.56 Å². The van der Waals surface area contributed by atoms with Gasteiger partial charge in [0.25, 0.3) is 0 Å². The van der Waals surface area contributed by atoms with Crippen LogP contribution in [-0.4, -0.2) is 18.7 Å². The molecule has 0 unspecified atom stereocenters. The van der Waals surface area contributed by atoms with Crippen molar-refractivity contribution in [3.63, 3.8) is 0 Å². The first-order valence-electron chi connectivity index (χ1n) is 6.61. The molecular formula is C16H22N2O. The van der Waals surface area contributed by atoms with Crippen molar-refractivity contribution in [2.75, 3.05) is 19.5 Å². The van der Waals surface area contributed by atoms with Crippen molar-refractivity contribution in [3.8, 4) is 0 Å². The number of rotatable bonds is 3. The molecule has 0 amide bonds. The zero-order valence-corrected chi connectivity index (χ0v) is 12.2.